The lowest BCUT2D eigenvalue weighted by Crippen LogP contribution is -2.60. The van der Waals surface area contributed by atoms with Crippen molar-refractivity contribution < 1.29 is 33.5 Å². The van der Waals surface area contributed by atoms with Gasteiger partial charge in [0, 0.05) is 19.6 Å². The summed E-state index contributed by atoms with van der Waals surface area (Å²) in [5, 5.41) is 10.6. The second-order valence-corrected chi connectivity index (χ2v) is 5.98. The first-order valence-corrected chi connectivity index (χ1v) is 7.66. The van der Waals surface area contributed by atoms with Crippen molar-refractivity contribution in [2.75, 3.05) is 13.7 Å². The summed E-state index contributed by atoms with van der Waals surface area (Å²) in [5.41, 5.74) is 0.894. The zero-order valence-corrected chi connectivity index (χ0v) is 13.0. The van der Waals surface area contributed by atoms with Crippen molar-refractivity contribution in [3.8, 4) is 0 Å². The summed E-state index contributed by atoms with van der Waals surface area (Å²) in [6, 6.07) is 9.58. The molecule has 1 N–H and O–H groups in total. The van der Waals surface area contributed by atoms with E-state index in [2.05, 4.69) is 0 Å². The molecule has 1 aromatic rings. The van der Waals surface area contributed by atoms with Gasteiger partial charge in [0.1, 0.15) is 24.4 Å². The summed E-state index contributed by atoms with van der Waals surface area (Å²) < 4.78 is 33.9. The highest BCUT2D eigenvalue weighted by atomic mass is 16.9. The number of methoxy groups -OCH3 is 1. The van der Waals surface area contributed by atoms with E-state index in [0.29, 0.717) is 6.61 Å². The number of benzene rings is 1. The Bertz CT molecular complexity index is 553. The van der Waals surface area contributed by atoms with Gasteiger partial charge >= 0.3 is 0 Å². The maximum absolute atomic E-state index is 10.6. The molecule has 0 aliphatic carbocycles. The SMILES string of the molecule is CO[C@]1(C)O[C@H]2O[C@@H]3CO[C@@H](c4ccccc4)O[C@H]3[C@H](O)[C@H]2O1. The number of aliphatic hydroxyl groups is 1. The van der Waals surface area contributed by atoms with Crippen LogP contribution >= 0.6 is 0 Å². The van der Waals surface area contributed by atoms with Crippen LogP contribution < -0.4 is 0 Å². The highest BCUT2D eigenvalue weighted by Gasteiger charge is 2.57. The van der Waals surface area contributed by atoms with Crippen molar-refractivity contribution in [1.29, 1.82) is 0 Å². The second-order valence-electron chi connectivity index (χ2n) is 5.98. The fourth-order valence-corrected chi connectivity index (χ4v) is 3.15. The predicted octanol–water partition coefficient (Wildman–Crippen LogP) is 0.922. The van der Waals surface area contributed by atoms with Gasteiger partial charge in [-0.15, -0.1) is 0 Å². The lowest BCUT2D eigenvalue weighted by molar-refractivity contribution is -0.348. The van der Waals surface area contributed by atoms with Crippen LogP contribution in [0.3, 0.4) is 0 Å². The molecule has 0 saturated carbocycles. The zero-order valence-electron chi connectivity index (χ0n) is 13.0. The number of fused-ring (bicyclic) bond motifs is 2. The molecule has 0 spiro atoms. The van der Waals surface area contributed by atoms with Crippen LogP contribution in [0.1, 0.15) is 18.8 Å². The van der Waals surface area contributed by atoms with E-state index in [-0.39, 0.29) is 0 Å². The van der Waals surface area contributed by atoms with Crippen molar-refractivity contribution in [3.63, 3.8) is 0 Å². The molecule has 3 aliphatic rings. The Morgan fingerprint density at radius 2 is 1.91 bits per heavy atom. The quantitative estimate of drug-likeness (QED) is 0.867. The van der Waals surface area contributed by atoms with Crippen molar-refractivity contribution in [2.24, 2.45) is 0 Å². The summed E-state index contributed by atoms with van der Waals surface area (Å²) in [4.78, 5) is 0. The standard InChI is InChI=1S/C16H20O7/c1-16(18-2)22-13-11(17)12-10(20-15(13)23-16)8-19-14(21-12)9-6-4-3-5-7-9/h3-7,10-15,17H,8H2,1-2H3/t10-,11+,12-,13-,14-,15-,16+/m1/s1. The van der Waals surface area contributed by atoms with Gasteiger partial charge in [0.05, 0.1) is 6.61 Å². The molecule has 1 aromatic carbocycles. The van der Waals surface area contributed by atoms with Crippen molar-refractivity contribution in [1.82, 2.24) is 0 Å². The third-order valence-corrected chi connectivity index (χ3v) is 4.43. The van der Waals surface area contributed by atoms with E-state index in [9.17, 15) is 5.11 Å². The summed E-state index contributed by atoms with van der Waals surface area (Å²) >= 11 is 0. The molecule has 0 bridgehead atoms. The van der Waals surface area contributed by atoms with Crippen molar-refractivity contribution >= 4 is 0 Å². The molecule has 126 valence electrons. The third kappa shape index (κ3) is 2.68. The highest BCUT2D eigenvalue weighted by molar-refractivity contribution is 5.16. The van der Waals surface area contributed by atoms with Gasteiger partial charge < -0.3 is 28.8 Å². The fourth-order valence-electron chi connectivity index (χ4n) is 3.15. The Hall–Kier alpha value is -1.06. The fraction of sp³-hybridized carbons (Fsp3) is 0.625. The molecule has 3 heterocycles. The minimum Gasteiger partial charge on any atom is -0.387 e. The first kappa shape index (κ1) is 15.5. The molecule has 3 aliphatic heterocycles. The second kappa shape index (κ2) is 5.78. The molecule has 3 saturated heterocycles. The van der Waals surface area contributed by atoms with Crippen LogP contribution in [-0.4, -0.2) is 55.5 Å². The molecule has 7 atom stereocenters. The molecule has 3 fully saturated rings. The topological polar surface area (TPSA) is 75.6 Å². The summed E-state index contributed by atoms with van der Waals surface area (Å²) in [7, 11) is 1.47. The van der Waals surface area contributed by atoms with E-state index >= 15 is 0 Å². The average Bonchev–Trinajstić information content (AvgIpc) is 2.93. The third-order valence-electron chi connectivity index (χ3n) is 4.43. The molecule has 23 heavy (non-hydrogen) atoms. The van der Waals surface area contributed by atoms with Gasteiger partial charge in [-0.3, -0.25) is 4.74 Å². The molecule has 7 nitrogen and oxygen atoms in total. The number of rotatable bonds is 2. The Balaban J connectivity index is 1.51. The van der Waals surface area contributed by atoms with E-state index in [1.165, 1.54) is 7.11 Å². The molecule has 4 rings (SSSR count). The smallest absolute Gasteiger partial charge is 0.282 e. The Labute approximate surface area is 134 Å². The number of hydrogen-bond donors (Lipinski definition) is 1. The van der Waals surface area contributed by atoms with Crippen LogP contribution in [0.4, 0.5) is 0 Å². The van der Waals surface area contributed by atoms with E-state index in [1.807, 2.05) is 30.3 Å². The van der Waals surface area contributed by atoms with Crippen molar-refractivity contribution in [2.45, 2.75) is 49.9 Å². The Morgan fingerprint density at radius 3 is 2.65 bits per heavy atom. The Morgan fingerprint density at radius 1 is 1.13 bits per heavy atom. The van der Waals surface area contributed by atoms with Crippen LogP contribution in [0.15, 0.2) is 30.3 Å². The highest BCUT2D eigenvalue weighted by Crippen LogP contribution is 2.41. The maximum Gasteiger partial charge on any atom is 0.282 e. The minimum atomic E-state index is -1.23. The summed E-state index contributed by atoms with van der Waals surface area (Å²) in [5.74, 6) is -1.23. The summed E-state index contributed by atoms with van der Waals surface area (Å²) in [6.07, 6.45) is -3.80. The van der Waals surface area contributed by atoms with Crippen molar-refractivity contribution in [3.05, 3.63) is 35.9 Å². The largest absolute Gasteiger partial charge is 0.387 e. The van der Waals surface area contributed by atoms with E-state index in [1.54, 1.807) is 6.92 Å². The number of aliphatic hydroxyl groups excluding tert-OH is 1. The van der Waals surface area contributed by atoms with Crippen LogP contribution in [0, 0.1) is 0 Å². The van der Waals surface area contributed by atoms with Gasteiger partial charge in [-0.25, -0.2) is 0 Å². The number of hydrogen-bond acceptors (Lipinski definition) is 7. The maximum atomic E-state index is 10.6. The van der Waals surface area contributed by atoms with Crippen LogP contribution in [0.5, 0.6) is 0 Å². The molecule has 7 heteroatoms. The van der Waals surface area contributed by atoms with Gasteiger partial charge in [0.2, 0.25) is 0 Å². The zero-order chi connectivity index (χ0) is 16.0. The van der Waals surface area contributed by atoms with E-state index in [0.717, 1.165) is 5.56 Å². The first-order chi connectivity index (χ1) is 11.1. The number of ether oxygens (including phenoxy) is 6. The molecular formula is C16H20O7. The van der Waals surface area contributed by atoms with Gasteiger partial charge in [0.15, 0.2) is 12.6 Å². The van der Waals surface area contributed by atoms with E-state index in [4.69, 9.17) is 28.4 Å². The average molecular weight is 324 g/mol. The van der Waals surface area contributed by atoms with Gasteiger partial charge in [0.25, 0.3) is 5.97 Å². The van der Waals surface area contributed by atoms with Crippen LogP contribution in [-0.2, 0) is 28.4 Å². The molecule has 0 aromatic heterocycles. The van der Waals surface area contributed by atoms with Gasteiger partial charge in [-0.05, 0) is 0 Å². The molecule has 0 amide bonds. The summed E-state index contributed by atoms with van der Waals surface area (Å²) in [6.45, 7) is 1.94. The lowest BCUT2D eigenvalue weighted by atomic mass is 9.98. The van der Waals surface area contributed by atoms with Crippen LogP contribution in [0.2, 0.25) is 0 Å². The van der Waals surface area contributed by atoms with Gasteiger partial charge in [-0.1, -0.05) is 30.3 Å². The predicted molar refractivity (Wildman–Crippen MR) is 76.0 cm³/mol. The van der Waals surface area contributed by atoms with E-state index < -0.39 is 43.0 Å². The normalized spacial score (nSPS) is 46.2. The molecular weight excluding hydrogens is 304 g/mol. The molecule has 0 unspecified atom stereocenters. The first-order valence-electron chi connectivity index (χ1n) is 7.66. The molecule has 0 radical (unpaired) electrons. The van der Waals surface area contributed by atoms with Gasteiger partial charge in [-0.2, -0.15) is 0 Å². The Kier molecular flexibility index (Phi) is 3.89. The monoisotopic (exact) mass is 324 g/mol. The lowest BCUT2D eigenvalue weighted by Gasteiger charge is -2.44. The van der Waals surface area contributed by atoms with Crippen LogP contribution in [0.25, 0.3) is 0 Å². The minimum absolute atomic E-state index is 0.303.